The van der Waals surface area contributed by atoms with Crippen molar-refractivity contribution in [3.05, 3.63) is 26.6 Å². The van der Waals surface area contributed by atoms with E-state index >= 15 is 0 Å². The Morgan fingerprint density at radius 2 is 2.21 bits per heavy atom. The van der Waals surface area contributed by atoms with Crippen LogP contribution in [-0.2, 0) is 0 Å². The second kappa shape index (κ2) is 5.36. The molecule has 0 radical (unpaired) electrons. The smallest absolute Gasteiger partial charge is 0.142 e. The molecule has 5 heteroatoms. The topological polar surface area (TPSA) is 41.8 Å². The Morgan fingerprint density at radius 3 is 2.79 bits per heavy atom. The molecule has 1 aromatic carbocycles. The van der Waals surface area contributed by atoms with Crippen molar-refractivity contribution in [1.82, 2.24) is 0 Å². The molecule has 0 fully saturated rings. The molecule has 0 saturated heterocycles. The maximum absolute atomic E-state index is 8.48. The summed E-state index contributed by atoms with van der Waals surface area (Å²) in [7, 11) is 0. The maximum Gasteiger partial charge on any atom is 0.142 e. The molecule has 3 nitrogen and oxygen atoms in total. The third-order valence-corrected chi connectivity index (χ3v) is 2.57. The van der Waals surface area contributed by atoms with Gasteiger partial charge in [0, 0.05) is 10.0 Å². The first kappa shape index (κ1) is 11.5. The van der Waals surface area contributed by atoms with E-state index in [0.717, 1.165) is 14.5 Å². The monoisotopic (exact) mass is 321 g/mol. The van der Waals surface area contributed by atoms with Gasteiger partial charge in [-0.1, -0.05) is 21.1 Å². The van der Waals surface area contributed by atoms with Crippen LogP contribution in [0.25, 0.3) is 0 Å². The van der Waals surface area contributed by atoms with Crippen LogP contribution in [0.1, 0.15) is 12.5 Å². The van der Waals surface area contributed by atoms with Crippen molar-refractivity contribution in [3.8, 4) is 5.75 Å². The van der Waals surface area contributed by atoms with E-state index in [1.165, 1.54) is 6.21 Å². The minimum atomic E-state index is 0.562. The van der Waals surface area contributed by atoms with Gasteiger partial charge >= 0.3 is 0 Å². The van der Waals surface area contributed by atoms with Crippen LogP contribution in [0.5, 0.6) is 5.75 Å². The van der Waals surface area contributed by atoms with Gasteiger partial charge in [0.15, 0.2) is 0 Å². The van der Waals surface area contributed by atoms with Gasteiger partial charge in [-0.05, 0) is 35.0 Å². The van der Waals surface area contributed by atoms with Gasteiger partial charge in [0.1, 0.15) is 5.75 Å². The summed E-state index contributed by atoms with van der Waals surface area (Å²) in [5.74, 6) is 0.675. The second-order valence-corrected chi connectivity index (χ2v) is 4.25. The van der Waals surface area contributed by atoms with Crippen molar-refractivity contribution in [2.45, 2.75) is 6.92 Å². The zero-order valence-electron chi connectivity index (χ0n) is 7.50. The van der Waals surface area contributed by atoms with E-state index < -0.39 is 0 Å². The normalized spacial score (nSPS) is 10.8. The van der Waals surface area contributed by atoms with E-state index in [1.54, 1.807) is 0 Å². The molecule has 0 heterocycles. The number of rotatable bonds is 3. The van der Waals surface area contributed by atoms with Gasteiger partial charge in [0.05, 0.1) is 17.3 Å². The SMILES string of the molecule is CCOc1c(Br)cc(Br)cc1/C=N\O. The quantitative estimate of drug-likeness (QED) is 0.526. The summed E-state index contributed by atoms with van der Waals surface area (Å²) in [5, 5.41) is 11.5. The van der Waals surface area contributed by atoms with E-state index in [-0.39, 0.29) is 0 Å². The predicted octanol–water partition coefficient (Wildman–Crippen LogP) is 3.42. The van der Waals surface area contributed by atoms with Crippen molar-refractivity contribution >= 4 is 38.1 Å². The molecule has 76 valence electrons. The van der Waals surface area contributed by atoms with Crippen LogP contribution in [0.4, 0.5) is 0 Å². The summed E-state index contributed by atoms with van der Waals surface area (Å²) in [4.78, 5) is 0. The molecule has 0 atom stereocenters. The number of ether oxygens (including phenoxy) is 1. The first-order chi connectivity index (χ1) is 6.69. The highest BCUT2D eigenvalue weighted by Gasteiger charge is 2.08. The van der Waals surface area contributed by atoms with E-state index in [2.05, 4.69) is 37.0 Å². The largest absolute Gasteiger partial charge is 0.492 e. The molecular formula is C9H9Br2NO2. The molecule has 0 aliphatic carbocycles. The van der Waals surface area contributed by atoms with Crippen molar-refractivity contribution in [2.24, 2.45) is 5.16 Å². The van der Waals surface area contributed by atoms with Gasteiger partial charge in [-0.15, -0.1) is 0 Å². The first-order valence-electron chi connectivity index (χ1n) is 3.98. The lowest BCUT2D eigenvalue weighted by Crippen LogP contribution is -1.97. The van der Waals surface area contributed by atoms with Gasteiger partial charge in [0.25, 0.3) is 0 Å². The Labute approximate surface area is 99.0 Å². The average molecular weight is 323 g/mol. The molecule has 0 aromatic heterocycles. The lowest BCUT2D eigenvalue weighted by molar-refractivity contribution is 0.320. The molecule has 1 aromatic rings. The number of hydrogen-bond acceptors (Lipinski definition) is 3. The Bertz CT molecular complexity index is 353. The average Bonchev–Trinajstić information content (AvgIpc) is 2.11. The van der Waals surface area contributed by atoms with Crippen molar-refractivity contribution in [3.63, 3.8) is 0 Å². The van der Waals surface area contributed by atoms with Crippen LogP contribution in [0.2, 0.25) is 0 Å². The molecule has 14 heavy (non-hydrogen) atoms. The van der Waals surface area contributed by atoms with Gasteiger partial charge in [-0.3, -0.25) is 0 Å². The zero-order chi connectivity index (χ0) is 10.6. The fourth-order valence-corrected chi connectivity index (χ4v) is 2.41. The summed E-state index contributed by atoms with van der Waals surface area (Å²) in [5.41, 5.74) is 0.718. The maximum atomic E-state index is 8.48. The van der Waals surface area contributed by atoms with Gasteiger partial charge in [-0.25, -0.2) is 0 Å². The molecule has 0 aliphatic heterocycles. The molecule has 0 saturated carbocycles. The number of oxime groups is 1. The van der Waals surface area contributed by atoms with Crippen LogP contribution < -0.4 is 4.74 Å². The van der Waals surface area contributed by atoms with E-state index in [0.29, 0.717) is 12.4 Å². The third-order valence-electron chi connectivity index (χ3n) is 1.52. The molecule has 1 rings (SSSR count). The molecule has 0 unspecified atom stereocenters. The highest BCUT2D eigenvalue weighted by Crippen LogP contribution is 2.31. The zero-order valence-corrected chi connectivity index (χ0v) is 10.7. The van der Waals surface area contributed by atoms with Crippen molar-refractivity contribution in [2.75, 3.05) is 6.61 Å². The van der Waals surface area contributed by atoms with Crippen LogP contribution in [0.15, 0.2) is 26.2 Å². The Morgan fingerprint density at radius 1 is 1.50 bits per heavy atom. The summed E-state index contributed by atoms with van der Waals surface area (Å²) in [6.07, 6.45) is 1.33. The van der Waals surface area contributed by atoms with Crippen molar-refractivity contribution in [1.29, 1.82) is 0 Å². The molecule has 1 N–H and O–H groups in total. The molecule has 0 bridgehead atoms. The lowest BCUT2D eigenvalue weighted by atomic mass is 10.2. The Balaban J connectivity index is 3.21. The van der Waals surface area contributed by atoms with Crippen LogP contribution >= 0.6 is 31.9 Å². The van der Waals surface area contributed by atoms with Gasteiger partial charge in [0.2, 0.25) is 0 Å². The van der Waals surface area contributed by atoms with Crippen LogP contribution in [0, 0.1) is 0 Å². The van der Waals surface area contributed by atoms with Crippen molar-refractivity contribution < 1.29 is 9.94 Å². The fraction of sp³-hybridized carbons (Fsp3) is 0.222. The van der Waals surface area contributed by atoms with E-state index in [9.17, 15) is 0 Å². The number of nitrogens with zero attached hydrogens (tertiary/aromatic N) is 1. The predicted molar refractivity (Wildman–Crippen MR) is 62.4 cm³/mol. The summed E-state index contributed by atoms with van der Waals surface area (Å²) in [6.45, 7) is 2.46. The highest BCUT2D eigenvalue weighted by molar-refractivity contribution is 9.11. The Kier molecular flexibility index (Phi) is 4.41. The molecule has 0 aliphatic rings. The lowest BCUT2D eigenvalue weighted by Gasteiger charge is -2.09. The van der Waals surface area contributed by atoms with E-state index in [4.69, 9.17) is 9.94 Å². The molecular weight excluding hydrogens is 314 g/mol. The summed E-state index contributed by atoms with van der Waals surface area (Å²) in [6, 6.07) is 3.69. The van der Waals surface area contributed by atoms with Crippen LogP contribution in [-0.4, -0.2) is 18.0 Å². The third kappa shape index (κ3) is 2.72. The van der Waals surface area contributed by atoms with Gasteiger partial charge < -0.3 is 9.94 Å². The summed E-state index contributed by atoms with van der Waals surface area (Å²) >= 11 is 6.71. The first-order valence-corrected chi connectivity index (χ1v) is 5.57. The standard InChI is InChI=1S/C9H9Br2NO2/c1-2-14-9-6(5-12-13)3-7(10)4-8(9)11/h3-5,13H,2H2,1H3/b12-5-. The van der Waals surface area contributed by atoms with Gasteiger partial charge in [-0.2, -0.15) is 0 Å². The number of halogens is 2. The number of hydrogen-bond donors (Lipinski definition) is 1. The Hall–Kier alpha value is -0.550. The minimum Gasteiger partial charge on any atom is -0.492 e. The molecule has 0 amide bonds. The highest BCUT2D eigenvalue weighted by atomic mass is 79.9. The van der Waals surface area contributed by atoms with E-state index in [1.807, 2.05) is 19.1 Å². The summed E-state index contributed by atoms with van der Waals surface area (Å²) < 4.78 is 7.12. The minimum absolute atomic E-state index is 0.562. The van der Waals surface area contributed by atoms with Crippen LogP contribution in [0.3, 0.4) is 0 Å². The second-order valence-electron chi connectivity index (χ2n) is 2.48. The fourth-order valence-electron chi connectivity index (χ4n) is 1.03. The molecule has 0 spiro atoms. The number of benzene rings is 1.